The molecule has 2 saturated heterocycles. The van der Waals surface area contributed by atoms with Crippen LogP contribution in [0.2, 0.25) is 0 Å². The lowest BCUT2D eigenvalue weighted by molar-refractivity contribution is -0.141. The Kier molecular flexibility index (Phi) is 16.6. The molecule has 78 heavy (non-hydrogen) atoms. The normalized spacial score (nSPS) is 27.9. The number of likely N-dealkylation sites (tertiary alicyclic amines) is 2. The van der Waals surface area contributed by atoms with E-state index in [-0.39, 0.29) is 83.3 Å². The Morgan fingerprint density at radius 1 is 0.538 bits per heavy atom. The number of hydrogen-bond donors (Lipinski definition) is 3. The summed E-state index contributed by atoms with van der Waals surface area (Å²) in [7, 11) is 0. The van der Waals surface area contributed by atoms with Gasteiger partial charge in [0.25, 0.3) is 0 Å². The molecule has 4 aromatic carbocycles. The van der Waals surface area contributed by atoms with Crippen molar-refractivity contribution >= 4 is 23.6 Å². The quantitative estimate of drug-likeness (QED) is 0.108. The molecule has 8 atom stereocenters. The first-order valence-electron chi connectivity index (χ1n) is 26.9. The highest BCUT2D eigenvalue weighted by Crippen LogP contribution is 2.61. The van der Waals surface area contributed by atoms with E-state index >= 15 is 0 Å². The van der Waals surface area contributed by atoms with Crippen LogP contribution in [0.4, 0.5) is 43.9 Å². The minimum absolute atomic E-state index is 0.00572. The Morgan fingerprint density at radius 2 is 0.910 bits per heavy atom. The van der Waals surface area contributed by atoms with Crippen molar-refractivity contribution in [3.05, 3.63) is 142 Å². The van der Waals surface area contributed by atoms with E-state index in [1.165, 1.54) is 31.2 Å². The maximum absolute atomic E-state index is 13.9. The van der Waals surface area contributed by atoms with Crippen LogP contribution in [0, 0.1) is 57.8 Å². The molecule has 6 aliphatic rings. The van der Waals surface area contributed by atoms with E-state index < -0.39 is 57.8 Å². The number of hydrogen-bond acceptors (Lipinski definition) is 6. The van der Waals surface area contributed by atoms with Gasteiger partial charge in [-0.05, 0) is 217 Å². The van der Waals surface area contributed by atoms with Gasteiger partial charge in [-0.3, -0.25) is 19.2 Å². The van der Waals surface area contributed by atoms with Gasteiger partial charge in [0.2, 0.25) is 11.8 Å². The molecule has 19 heteroatoms. The van der Waals surface area contributed by atoms with Crippen LogP contribution in [0.15, 0.2) is 84.9 Å². The molecule has 8 unspecified atom stereocenters. The number of benzene rings is 4. The lowest BCUT2D eigenvalue weighted by Crippen LogP contribution is -2.44. The van der Waals surface area contributed by atoms with E-state index in [1.807, 2.05) is 24.3 Å². The topological polar surface area (TPSA) is 119 Å². The molecule has 2 aliphatic heterocycles. The van der Waals surface area contributed by atoms with Crippen LogP contribution >= 0.6 is 0 Å². The van der Waals surface area contributed by atoms with Gasteiger partial charge in [0.05, 0.1) is 27.9 Å². The molecule has 0 bridgehead atoms. The molecule has 3 N–H and O–H groups in total. The van der Waals surface area contributed by atoms with Crippen LogP contribution in [-0.4, -0.2) is 76.7 Å². The maximum atomic E-state index is 13.9. The first-order chi connectivity index (χ1) is 36.9. The fraction of sp³-hybridized carbons (Fsp3) is 0.525. The number of amides is 2. The Hall–Kier alpha value is -5.82. The number of rotatable bonds is 14. The smallest absolute Gasteiger partial charge is 0.416 e. The molecular weight excluding hydrogens is 1030 g/mol. The van der Waals surface area contributed by atoms with E-state index in [4.69, 9.17) is 0 Å². The van der Waals surface area contributed by atoms with Gasteiger partial charge in [0, 0.05) is 31.1 Å². The summed E-state index contributed by atoms with van der Waals surface area (Å²) in [6.45, 7) is 4.37. The number of aliphatic carboxylic acids is 1. The average molecular weight is 1100 g/mol. The SMILES string of the molecule is CC(=O)C1CC1C1(C(=O)NCc2cc(F)cc(C(F)(F)F)c2)CCC(N2CCC(c3ccc(F)cc3)CC2)C1.O=C(O)C1CC1C1(C(=O)NCc2cc(F)cc(C(F)(F)F)c2)CCC(N2CCC(c3ccc(F)cc3)CC2)C1. The van der Waals surface area contributed by atoms with Gasteiger partial charge >= 0.3 is 18.3 Å². The van der Waals surface area contributed by atoms with E-state index in [2.05, 4.69) is 20.4 Å². The van der Waals surface area contributed by atoms with E-state index in [9.17, 15) is 68.2 Å². The molecule has 0 radical (unpaired) electrons. The van der Waals surface area contributed by atoms with Crippen LogP contribution in [-0.2, 0) is 44.6 Å². The zero-order valence-corrected chi connectivity index (χ0v) is 43.2. The van der Waals surface area contributed by atoms with Gasteiger partial charge in [-0.15, -0.1) is 0 Å². The summed E-state index contributed by atoms with van der Waals surface area (Å²) >= 11 is 0. The number of carboxylic acid groups (broad SMARTS) is 1. The summed E-state index contributed by atoms with van der Waals surface area (Å²) in [5.74, 6) is -4.65. The number of halogens is 10. The standard InChI is InChI=1S/C30H33F5N2O2.C29H31F5N2O3/c1-18(38)26-15-27(26)29(28(39)36-17-19-12-22(30(33,34)35)14-24(32)13-19)9-6-25(16-29)37-10-7-21(8-11-37)20-2-4-23(31)5-3-20;30-21-3-1-18(2-4-21)19-6-9-36(10-7-19)23-5-8-28(15-23,25-14-24(25)26(37)38)27(39)35-16-17-11-20(29(32,33)34)13-22(31)12-17/h2-5,12-14,21,25-27H,6-11,15-17H2,1H3,(H,36,39);1-4,11-13,19,23-25H,5-10,14-16H2,(H,35,39)(H,37,38). The summed E-state index contributed by atoms with van der Waals surface area (Å²) in [5, 5.41) is 15.1. The molecule has 420 valence electrons. The molecule has 2 amide bonds. The third-order valence-corrected chi connectivity index (χ3v) is 18.0. The van der Waals surface area contributed by atoms with Gasteiger partial charge in [-0.2, -0.15) is 26.3 Å². The Balaban J connectivity index is 0.000000190. The molecule has 10 rings (SSSR count). The van der Waals surface area contributed by atoms with Gasteiger partial charge in [-0.25, -0.2) is 17.6 Å². The highest BCUT2D eigenvalue weighted by molar-refractivity contribution is 5.88. The number of carbonyl (C=O) groups excluding carboxylic acids is 3. The number of carboxylic acids is 1. The van der Waals surface area contributed by atoms with Crippen molar-refractivity contribution in [2.75, 3.05) is 26.2 Å². The molecule has 9 nitrogen and oxygen atoms in total. The molecule has 0 aromatic heterocycles. The van der Waals surface area contributed by atoms with Gasteiger partial charge < -0.3 is 25.5 Å². The highest BCUT2D eigenvalue weighted by atomic mass is 19.4. The number of alkyl halides is 6. The number of Topliss-reactive ketones (excluding diaryl/α,β-unsaturated/α-hetero) is 1. The van der Waals surface area contributed by atoms with Crippen LogP contribution in [0.3, 0.4) is 0 Å². The van der Waals surface area contributed by atoms with E-state index in [0.29, 0.717) is 62.5 Å². The third-order valence-electron chi connectivity index (χ3n) is 18.0. The van der Waals surface area contributed by atoms with Crippen molar-refractivity contribution in [2.45, 2.75) is 133 Å². The van der Waals surface area contributed by atoms with Crippen molar-refractivity contribution in [2.24, 2.45) is 34.5 Å². The predicted molar refractivity (Wildman–Crippen MR) is 268 cm³/mol. The molecule has 6 fully saturated rings. The van der Waals surface area contributed by atoms with Crippen molar-refractivity contribution < 1.29 is 68.2 Å². The second-order valence-corrected chi connectivity index (χ2v) is 22.7. The average Bonchev–Trinajstić information content (AvgIpc) is 4.51. The molecule has 0 spiro atoms. The second-order valence-electron chi connectivity index (χ2n) is 22.7. The minimum atomic E-state index is -4.71. The first kappa shape index (κ1) is 56.9. The minimum Gasteiger partial charge on any atom is -0.481 e. The van der Waals surface area contributed by atoms with Crippen LogP contribution in [0.25, 0.3) is 0 Å². The van der Waals surface area contributed by atoms with Crippen LogP contribution in [0.1, 0.15) is 129 Å². The molecule has 2 heterocycles. The van der Waals surface area contributed by atoms with Gasteiger partial charge in [0.15, 0.2) is 0 Å². The number of piperidine rings is 2. The number of carbonyl (C=O) groups is 4. The highest BCUT2D eigenvalue weighted by Gasteiger charge is 2.63. The molecule has 4 aliphatic carbocycles. The fourth-order valence-corrected chi connectivity index (χ4v) is 13.7. The Bertz CT molecular complexity index is 2640. The van der Waals surface area contributed by atoms with Gasteiger partial charge in [0.1, 0.15) is 29.1 Å². The summed E-state index contributed by atoms with van der Waals surface area (Å²) in [5.41, 5.74) is -1.65. The zero-order chi connectivity index (χ0) is 55.9. The lowest BCUT2D eigenvalue weighted by Gasteiger charge is -2.37. The van der Waals surface area contributed by atoms with Gasteiger partial charge in [-0.1, -0.05) is 24.3 Å². The number of nitrogens with zero attached hydrogens (tertiary/aromatic N) is 2. The lowest BCUT2D eigenvalue weighted by atomic mass is 9.78. The monoisotopic (exact) mass is 1100 g/mol. The maximum Gasteiger partial charge on any atom is 0.416 e. The second kappa shape index (κ2) is 22.7. The van der Waals surface area contributed by atoms with Crippen molar-refractivity contribution in [3.63, 3.8) is 0 Å². The number of nitrogens with one attached hydrogen (secondary N) is 2. The molecule has 4 saturated carbocycles. The fourth-order valence-electron chi connectivity index (χ4n) is 13.7. The zero-order valence-electron chi connectivity index (χ0n) is 43.2. The summed E-state index contributed by atoms with van der Waals surface area (Å²) < 4.78 is 133. The number of ketones is 1. The molecule has 4 aromatic rings. The Morgan fingerprint density at radius 3 is 1.24 bits per heavy atom. The summed E-state index contributed by atoms with van der Waals surface area (Å²) in [4.78, 5) is 55.8. The van der Waals surface area contributed by atoms with Crippen molar-refractivity contribution in [3.8, 4) is 0 Å². The van der Waals surface area contributed by atoms with Crippen LogP contribution in [0.5, 0.6) is 0 Å². The summed E-state index contributed by atoms with van der Waals surface area (Å²) in [6, 6.07) is 18.0. The van der Waals surface area contributed by atoms with E-state index in [0.717, 1.165) is 100 Å². The Labute approximate surface area is 446 Å². The third kappa shape index (κ3) is 12.8. The van der Waals surface area contributed by atoms with Crippen LogP contribution < -0.4 is 10.6 Å². The molecular formula is C59H64F10N4O5. The van der Waals surface area contributed by atoms with Crippen molar-refractivity contribution in [1.29, 1.82) is 0 Å². The predicted octanol–water partition coefficient (Wildman–Crippen LogP) is 12.0. The summed E-state index contributed by atoms with van der Waals surface area (Å²) in [6.07, 6.45) is -1.04. The largest absolute Gasteiger partial charge is 0.481 e. The first-order valence-corrected chi connectivity index (χ1v) is 26.9. The van der Waals surface area contributed by atoms with Crippen molar-refractivity contribution in [1.82, 2.24) is 20.4 Å². The van der Waals surface area contributed by atoms with E-state index in [1.54, 1.807) is 0 Å².